The van der Waals surface area contributed by atoms with E-state index in [1.807, 2.05) is 38.3 Å². The third kappa shape index (κ3) is 4.27. The molecule has 6 heteroatoms. The summed E-state index contributed by atoms with van der Waals surface area (Å²) in [6, 6.07) is 4.09. The van der Waals surface area contributed by atoms with E-state index in [1.165, 1.54) is 4.31 Å². The summed E-state index contributed by atoms with van der Waals surface area (Å²) in [7, 11) is -1.62. The fourth-order valence-corrected chi connectivity index (χ4v) is 4.04. The highest BCUT2D eigenvalue weighted by Gasteiger charge is 2.30. The van der Waals surface area contributed by atoms with E-state index < -0.39 is 15.3 Å². The Morgan fingerprint density at radius 1 is 1.32 bits per heavy atom. The highest BCUT2D eigenvalue weighted by atomic mass is 32.2. The second kappa shape index (κ2) is 6.83. The first-order chi connectivity index (χ1) is 8.76. The number of hydrogen-bond acceptors (Lipinski definition) is 4. The molecular formula is C13H24N2O2S2. The first-order valence-corrected chi connectivity index (χ1v) is 8.88. The fraction of sp³-hybridized carbons (Fsp3) is 0.692. The van der Waals surface area contributed by atoms with Crippen molar-refractivity contribution >= 4 is 21.4 Å². The maximum atomic E-state index is 12.5. The van der Waals surface area contributed by atoms with Crippen LogP contribution in [0.1, 0.15) is 38.6 Å². The third-order valence-electron chi connectivity index (χ3n) is 3.22. The van der Waals surface area contributed by atoms with E-state index in [0.29, 0.717) is 6.54 Å². The maximum absolute atomic E-state index is 12.5. The topological polar surface area (TPSA) is 49.4 Å². The van der Waals surface area contributed by atoms with Crippen molar-refractivity contribution in [3.63, 3.8) is 0 Å². The number of thiophene rings is 1. The molecule has 0 aromatic carbocycles. The molecule has 0 spiro atoms. The van der Waals surface area contributed by atoms with E-state index in [9.17, 15) is 8.42 Å². The second-order valence-electron chi connectivity index (χ2n) is 5.13. The Kier molecular flexibility index (Phi) is 5.98. The van der Waals surface area contributed by atoms with Crippen LogP contribution in [0.4, 0.5) is 0 Å². The van der Waals surface area contributed by atoms with E-state index in [4.69, 9.17) is 0 Å². The lowest BCUT2D eigenvalue weighted by atomic mass is 10.3. The highest BCUT2D eigenvalue weighted by molar-refractivity contribution is 7.89. The van der Waals surface area contributed by atoms with Gasteiger partial charge in [0.05, 0.1) is 11.3 Å². The van der Waals surface area contributed by atoms with Crippen molar-refractivity contribution in [3.8, 4) is 0 Å². The van der Waals surface area contributed by atoms with E-state index in [1.54, 1.807) is 25.3 Å². The minimum Gasteiger partial charge on any atom is -0.313 e. The van der Waals surface area contributed by atoms with Gasteiger partial charge in [-0.2, -0.15) is 4.31 Å². The van der Waals surface area contributed by atoms with Crippen molar-refractivity contribution in [1.82, 2.24) is 9.62 Å². The normalized spacial score (nSPS) is 15.9. The lowest BCUT2D eigenvalue weighted by molar-refractivity contribution is 0.394. The van der Waals surface area contributed by atoms with Gasteiger partial charge in [-0.15, -0.1) is 11.3 Å². The maximum Gasteiger partial charge on any atom is 0.218 e. The minimum absolute atomic E-state index is 0.119. The summed E-state index contributed by atoms with van der Waals surface area (Å²) in [6.07, 6.45) is 0. The average molecular weight is 304 g/mol. The van der Waals surface area contributed by atoms with Gasteiger partial charge in [0, 0.05) is 24.5 Å². The molecule has 1 aromatic rings. The van der Waals surface area contributed by atoms with Crippen LogP contribution in [0.5, 0.6) is 0 Å². The van der Waals surface area contributed by atoms with Gasteiger partial charge in [0.25, 0.3) is 0 Å². The van der Waals surface area contributed by atoms with Gasteiger partial charge in [-0.05, 0) is 25.3 Å². The predicted octanol–water partition coefficient (Wildman–Crippen LogP) is 2.46. The molecule has 0 fully saturated rings. The van der Waals surface area contributed by atoms with Gasteiger partial charge in [0.1, 0.15) is 0 Å². The number of sulfonamides is 1. The van der Waals surface area contributed by atoms with Crippen LogP contribution in [0.25, 0.3) is 0 Å². The van der Waals surface area contributed by atoms with Gasteiger partial charge >= 0.3 is 0 Å². The first kappa shape index (κ1) is 16.6. The summed E-state index contributed by atoms with van der Waals surface area (Å²) >= 11 is 1.58. The van der Waals surface area contributed by atoms with E-state index in [-0.39, 0.29) is 12.1 Å². The molecular weight excluding hydrogens is 280 g/mol. The summed E-state index contributed by atoms with van der Waals surface area (Å²) in [5, 5.41) is 4.72. The quantitative estimate of drug-likeness (QED) is 0.842. The molecule has 1 N–H and O–H groups in total. The highest BCUT2D eigenvalue weighted by Crippen LogP contribution is 2.26. The minimum atomic E-state index is -3.28. The van der Waals surface area contributed by atoms with Crippen LogP contribution < -0.4 is 5.32 Å². The zero-order valence-corrected chi connectivity index (χ0v) is 13.9. The summed E-state index contributed by atoms with van der Waals surface area (Å²) in [4.78, 5) is 1.06. The number of nitrogens with zero attached hydrogens (tertiary/aromatic N) is 1. The van der Waals surface area contributed by atoms with Crippen LogP contribution in [0, 0.1) is 0 Å². The van der Waals surface area contributed by atoms with Crippen LogP contribution in [-0.2, 0) is 10.0 Å². The summed E-state index contributed by atoms with van der Waals surface area (Å²) in [6.45, 7) is 8.17. The van der Waals surface area contributed by atoms with Crippen molar-refractivity contribution in [2.75, 3.05) is 13.6 Å². The Balaban J connectivity index is 2.76. The summed E-state index contributed by atoms with van der Waals surface area (Å²) in [5.74, 6) is 0. The van der Waals surface area contributed by atoms with Crippen molar-refractivity contribution in [2.45, 2.75) is 45.0 Å². The van der Waals surface area contributed by atoms with Gasteiger partial charge in [-0.1, -0.05) is 19.9 Å². The number of rotatable bonds is 7. The van der Waals surface area contributed by atoms with Crippen LogP contribution in [0.3, 0.4) is 0 Å². The molecule has 0 radical (unpaired) electrons. The Morgan fingerprint density at radius 3 is 2.42 bits per heavy atom. The molecule has 0 saturated carbocycles. The number of nitrogens with one attached hydrogen (secondary N) is 1. The Morgan fingerprint density at radius 2 is 1.95 bits per heavy atom. The molecule has 0 aliphatic rings. The zero-order chi connectivity index (χ0) is 14.6. The first-order valence-electron chi connectivity index (χ1n) is 6.50. The van der Waals surface area contributed by atoms with Crippen molar-refractivity contribution in [3.05, 3.63) is 22.4 Å². The van der Waals surface area contributed by atoms with Gasteiger partial charge in [-0.25, -0.2) is 8.42 Å². The molecule has 0 aliphatic carbocycles. The second-order valence-corrected chi connectivity index (χ2v) is 8.52. The lowest BCUT2D eigenvalue weighted by Crippen LogP contribution is -2.42. The SMILES string of the molecule is CC(C)NCC(C)S(=O)(=O)N(C)C(C)c1cccs1. The molecule has 4 nitrogen and oxygen atoms in total. The Hall–Kier alpha value is -0.430. The zero-order valence-electron chi connectivity index (χ0n) is 12.3. The summed E-state index contributed by atoms with van der Waals surface area (Å²) < 4.78 is 26.4. The van der Waals surface area contributed by atoms with Gasteiger partial charge in [-0.3, -0.25) is 0 Å². The van der Waals surface area contributed by atoms with Crippen molar-refractivity contribution in [1.29, 1.82) is 0 Å². The fourth-order valence-electron chi connectivity index (χ4n) is 1.72. The smallest absolute Gasteiger partial charge is 0.218 e. The molecule has 0 aliphatic heterocycles. The standard InChI is InChI=1S/C13H24N2O2S2/c1-10(2)14-9-11(3)19(16,17)15(5)12(4)13-7-6-8-18-13/h6-8,10-12,14H,9H2,1-5H3. The largest absolute Gasteiger partial charge is 0.313 e. The predicted molar refractivity (Wildman–Crippen MR) is 82.0 cm³/mol. The molecule has 0 bridgehead atoms. The van der Waals surface area contributed by atoms with E-state index in [2.05, 4.69) is 5.32 Å². The van der Waals surface area contributed by atoms with Crippen molar-refractivity contribution < 1.29 is 8.42 Å². The van der Waals surface area contributed by atoms with Crippen LogP contribution in [-0.4, -0.2) is 37.6 Å². The molecule has 0 saturated heterocycles. The summed E-state index contributed by atoms with van der Waals surface area (Å²) in [5.41, 5.74) is 0. The molecule has 1 heterocycles. The molecule has 110 valence electrons. The molecule has 0 amide bonds. The van der Waals surface area contributed by atoms with Gasteiger partial charge in [0.15, 0.2) is 0 Å². The third-order valence-corrected chi connectivity index (χ3v) is 6.57. The van der Waals surface area contributed by atoms with Crippen molar-refractivity contribution in [2.24, 2.45) is 0 Å². The molecule has 1 aromatic heterocycles. The molecule has 2 atom stereocenters. The molecule has 1 rings (SSSR count). The van der Waals surface area contributed by atoms with Crippen LogP contribution in [0.15, 0.2) is 17.5 Å². The molecule has 2 unspecified atom stereocenters. The lowest BCUT2D eigenvalue weighted by Gasteiger charge is -2.27. The monoisotopic (exact) mass is 304 g/mol. The van der Waals surface area contributed by atoms with Crippen LogP contribution >= 0.6 is 11.3 Å². The molecule has 19 heavy (non-hydrogen) atoms. The van der Waals surface area contributed by atoms with E-state index in [0.717, 1.165) is 4.88 Å². The number of hydrogen-bond donors (Lipinski definition) is 1. The van der Waals surface area contributed by atoms with Crippen LogP contribution in [0.2, 0.25) is 0 Å². The Bertz CT molecular complexity index is 469. The van der Waals surface area contributed by atoms with Gasteiger partial charge in [0.2, 0.25) is 10.0 Å². The average Bonchev–Trinajstić information content (AvgIpc) is 2.87. The van der Waals surface area contributed by atoms with E-state index >= 15 is 0 Å². The van der Waals surface area contributed by atoms with Gasteiger partial charge < -0.3 is 5.32 Å². The Labute approximate surface area is 120 Å².